The molecule has 2 atom stereocenters. The first-order chi connectivity index (χ1) is 16.9. The number of nitrogens with one attached hydrogen (secondary N) is 1. The third kappa shape index (κ3) is 4.93. The van der Waals surface area contributed by atoms with E-state index in [0.29, 0.717) is 42.2 Å². The van der Waals surface area contributed by atoms with Gasteiger partial charge in [0.2, 0.25) is 5.95 Å². The maximum absolute atomic E-state index is 15.0. The van der Waals surface area contributed by atoms with Crippen molar-refractivity contribution in [2.45, 2.75) is 25.8 Å². The molecule has 1 aromatic carbocycles. The van der Waals surface area contributed by atoms with Gasteiger partial charge in [0.05, 0.1) is 49.3 Å². The van der Waals surface area contributed by atoms with Crippen LogP contribution < -0.4 is 14.8 Å². The highest BCUT2D eigenvalue weighted by atomic mass is 19.1. The normalized spacial score (nSPS) is 17.7. The molecule has 1 aliphatic rings. The van der Waals surface area contributed by atoms with E-state index in [0.717, 1.165) is 12.5 Å². The third-order valence-electron chi connectivity index (χ3n) is 6.07. The topological polar surface area (TPSA) is 95.5 Å². The molecule has 1 N–H and O–H groups in total. The van der Waals surface area contributed by atoms with E-state index in [1.807, 2.05) is 0 Å². The molecule has 0 radical (unpaired) electrons. The van der Waals surface area contributed by atoms with Crippen LogP contribution in [0.5, 0.6) is 11.5 Å². The summed E-state index contributed by atoms with van der Waals surface area (Å²) in [5.41, 5.74) is 0.692. The number of pyridine rings is 1. The Labute approximate surface area is 201 Å². The molecule has 184 valence electrons. The van der Waals surface area contributed by atoms with Crippen LogP contribution in [0.3, 0.4) is 0 Å². The SMILES string of the molecule is C=CC(=O)C[C@H]1CCOC[C@H]1Nc1ncc2cc(-c3c(F)c(OC)cc(OC)c3F)nc(C)c2n1. The summed E-state index contributed by atoms with van der Waals surface area (Å²) in [6.45, 7) is 6.25. The molecule has 0 saturated carbocycles. The number of aryl methyl sites for hydroxylation is 1. The number of anilines is 1. The summed E-state index contributed by atoms with van der Waals surface area (Å²) in [5, 5.41) is 3.81. The number of fused-ring (bicyclic) bond motifs is 1. The Bertz CT molecular complexity index is 1260. The first-order valence-corrected chi connectivity index (χ1v) is 11.1. The Hall–Kier alpha value is -3.66. The molecule has 10 heteroatoms. The monoisotopic (exact) mass is 484 g/mol. The van der Waals surface area contributed by atoms with Gasteiger partial charge in [0.1, 0.15) is 0 Å². The van der Waals surface area contributed by atoms with Crippen molar-refractivity contribution in [3.8, 4) is 22.8 Å². The predicted molar refractivity (Wildman–Crippen MR) is 127 cm³/mol. The molecule has 2 aromatic heterocycles. The summed E-state index contributed by atoms with van der Waals surface area (Å²) >= 11 is 0. The summed E-state index contributed by atoms with van der Waals surface area (Å²) in [7, 11) is 2.58. The van der Waals surface area contributed by atoms with Crippen molar-refractivity contribution in [1.82, 2.24) is 15.0 Å². The minimum atomic E-state index is -0.881. The predicted octanol–water partition coefficient (Wildman–Crippen LogP) is 4.26. The Morgan fingerprint density at radius 3 is 2.60 bits per heavy atom. The highest BCUT2D eigenvalue weighted by molar-refractivity contribution is 5.89. The average molecular weight is 485 g/mol. The summed E-state index contributed by atoms with van der Waals surface area (Å²) in [6.07, 6.45) is 3.98. The molecule has 0 bridgehead atoms. The standard InChI is InChI=1S/C25H26F2N4O4/c1-5-16(32)8-14-6-7-35-12-18(14)30-25-28-11-15-9-17(29-13(2)24(15)31-25)21-22(26)19(33-3)10-20(34-4)23(21)27/h5,9-11,14,18H,1,6-8,12H2,2-4H3,(H,28,30,31)/t14-,18-/m1/s1. The van der Waals surface area contributed by atoms with Gasteiger partial charge in [-0.15, -0.1) is 0 Å². The van der Waals surface area contributed by atoms with E-state index in [1.165, 1.54) is 26.4 Å². The minimum Gasteiger partial charge on any atom is -0.494 e. The van der Waals surface area contributed by atoms with E-state index in [2.05, 4.69) is 26.8 Å². The fourth-order valence-corrected chi connectivity index (χ4v) is 4.20. The quantitative estimate of drug-likeness (QED) is 0.474. The molecule has 8 nitrogen and oxygen atoms in total. The van der Waals surface area contributed by atoms with Crippen LogP contribution in [0, 0.1) is 24.5 Å². The second kappa shape index (κ2) is 10.3. The molecular formula is C25H26F2N4O4. The van der Waals surface area contributed by atoms with Crippen molar-refractivity contribution in [2.75, 3.05) is 32.8 Å². The molecule has 0 unspecified atom stereocenters. The van der Waals surface area contributed by atoms with Crippen molar-refractivity contribution < 1.29 is 27.8 Å². The lowest BCUT2D eigenvalue weighted by molar-refractivity contribution is -0.116. The van der Waals surface area contributed by atoms with E-state index in [4.69, 9.17) is 14.2 Å². The molecule has 0 amide bonds. The van der Waals surface area contributed by atoms with Gasteiger partial charge in [-0.2, -0.15) is 0 Å². The number of halogens is 2. The number of allylic oxidation sites excluding steroid dienone is 1. The van der Waals surface area contributed by atoms with Crippen LogP contribution in [0.4, 0.5) is 14.7 Å². The van der Waals surface area contributed by atoms with Crippen molar-refractivity contribution in [1.29, 1.82) is 0 Å². The Balaban J connectivity index is 1.69. The van der Waals surface area contributed by atoms with Crippen molar-refractivity contribution in [3.63, 3.8) is 0 Å². The summed E-state index contributed by atoms with van der Waals surface area (Å²) in [4.78, 5) is 25.2. The Morgan fingerprint density at radius 2 is 1.94 bits per heavy atom. The van der Waals surface area contributed by atoms with Crippen LogP contribution in [0.25, 0.3) is 22.2 Å². The smallest absolute Gasteiger partial charge is 0.223 e. The van der Waals surface area contributed by atoms with E-state index in [9.17, 15) is 4.79 Å². The second-order valence-corrected chi connectivity index (χ2v) is 8.26. The molecule has 0 aliphatic carbocycles. The van der Waals surface area contributed by atoms with E-state index < -0.39 is 11.6 Å². The van der Waals surface area contributed by atoms with Crippen molar-refractivity contribution >= 4 is 22.6 Å². The van der Waals surface area contributed by atoms with Crippen LogP contribution in [-0.2, 0) is 9.53 Å². The number of ketones is 1. The Kier molecular flexibility index (Phi) is 7.20. The summed E-state index contributed by atoms with van der Waals surface area (Å²) in [6, 6.07) is 2.51. The van der Waals surface area contributed by atoms with Crippen molar-refractivity contribution in [2.24, 2.45) is 5.92 Å². The fourth-order valence-electron chi connectivity index (χ4n) is 4.20. The van der Waals surface area contributed by atoms with Gasteiger partial charge in [-0.3, -0.25) is 9.78 Å². The number of carbonyl (C=O) groups is 1. The van der Waals surface area contributed by atoms with Crippen LogP contribution in [0.15, 0.2) is 31.0 Å². The maximum atomic E-state index is 15.0. The number of methoxy groups -OCH3 is 2. The molecule has 35 heavy (non-hydrogen) atoms. The number of ether oxygens (including phenoxy) is 3. The summed E-state index contributed by atoms with van der Waals surface area (Å²) in [5.74, 6) is -1.70. The van der Waals surface area contributed by atoms with Crippen LogP contribution >= 0.6 is 0 Å². The van der Waals surface area contributed by atoms with Gasteiger partial charge < -0.3 is 19.5 Å². The number of hydrogen-bond donors (Lipinski definition) is 1. The number of benzene rings is 1. The highest BCUT2D eigenvalue weighted by Gasteiger charge is 2.28. The lowest BCUT2D eigenvalue weighted by Gasteiger charge is -2.31. The van der Waals surface area contributed by atoms with Crippen molar-refractivity contribution in [3.05, 3.63) is 48.3 Å². The largest absolute Gasteiger partial charge is 0.494 e. The van der Waals surface area contributed by atoms with Gasteiger partial charge in [-0.1, -0.05) is 6.58 Å². The van der Waals surface area contributed by atoms with Gasteiger partial charge in [0.15, 0.2) is 28.9 Å². The van der Waals surface area contributed by atoms with Gasteiger partial charge in [0.25, 0.3) is 0 Å². The summed E-state index contributed by atoms with van der Waals surface area (Å²) < 4.78 is 45.6. The first-order valence-electron chi connectivity index (χ1n) is 11.1. The number of rotatable bonds is 8. The first kappa shape index (κ1) is 24.5. The van der Waals surface area contributed by atoms with Gasteiger partial charge in [-0.05, 0) is 31.4 Å². The van der Waals surface area contributed by atoms with E-state index >= 15 is 8.78 Å². The number of aromatic nitrogens is 3. The van der Waals surface area contributed by atoms with E-state index in [-0.39, 0.29) is 40.5 Å². The number of hydrogen-bond acceptors (Lipinski definition) is 8. The molecule has 0 spiro atoms. The number of carbonyl (C=O) groups excluding carboxylic acids is 1. The molecule has 1 aliphatic heterocycles. The van der Waals surface area contributed by atoms with E-state index in [1.54, 1.807) is 13.1 Å². The zero-order valence-electron chi connectivity index (χ0n) is 19.7. The van der Waals surface area contributed by atoms with Crippen LogP contribution in [-0.4, -0.2) is 54.2 Å². The highest BCUT2D eigenvalue weighted by Crippen LogP contribution is 2.38. The Morgan fingerprint density at radius 1 is 1.23 bits per heavy atom. The lowest BCUT2D eigenvalue weighted by atomic mass is 9.90. The zero-order valence-corrected chi connectivity index (χ0v) is 19.7. The molecular weight excluding hydrogens is 458 g/mol. The molecule has 1 saturated heterocycles. The second-order valence-electron chi connectivity index (χ2n) is 8.26. The third-order valence-corrected chi connectivity index (χ3v) is 6.07. The maximum Gasteiger partial charge on any atom is 0.223 e. The molecule has 1 fully saturated rings. The van der Waals surface area contributed by atoms with Gasteiger partial charge >= 0.3 is 0 Å². The fraction of sp³-hybridized carbons (Fsp3) is 0.360. The molecule has 4 rings (SSSR count). The van der Waals surface area contributed by atoms with Crippen LogP contribution in [0.1, 0.15) is 18.5 Å². The van der Waals surface area contributed by atoms with Gasteiger partial charge in [0, 0.05) is 30.7 Å². The number of nitrogens with zero attached hydrogens (tertiary/aromatic N) is 3. The zero-order chi connectivity index (χ0) is 25.1. The average Bonchev–Trinajstić information content (AvgIpc) is 2.86. The molecule has 3 heterocycles. The van der Waals surface area contributed by atoms with Crippen LogP contribution in [0.2, 0.25) is 0 Å². The molecule has 3 aromatic rings. The lowest BCUT2D eigenvalue weighted by Crippen LogP contribution is -2.40. The van der Waals surface area contributed by atoms with Gasteiger partial charge in [-0.25, -0.2) is 18.7 Å². The minimum absolute atomic E-state index is 0.0238.